The Morgan fingerprint density at radius 2 is 2.09 bits per heavy atom. The van der Waals surface area contributed by atoms with Crippen molar-refractivity contribution in [2.75, 3.05) is 38.0 Å². The zero-order chi connectivity index (χ0) is 15.8. The summed E-state index contributed by atoms with van der Waals surface area (Å²) in [7, 11) is 0. The molecule has 6 heteroatoms. The fourth-order valence-corrected chi connectivity index (χ4v) is 4.18. The molecular weight excluding hydrogens is 292 g/mol. The van der Waals surface area contributed by atoms with E-state index >= 15 is 0 Å². The first-order valence-corrected chi connectivity index (χ1v) is 8.67. The van der Waals surface area contributed by atoms with Gasteiger partial charge in [-0.2, -0.15) is 0 Å². The number of pyridine rings is 1. The monoisotopic (exact) mass is 316 g/mol. The lowest BCUT2D eigenvalue weighted by molar-refractivity contribution is 0.0315. The standard InChI is InChI=1S/C17H24N4O2/c22-15-3-1-2-14(15)20-8-10-21(11-9-20)17(23)13-5-7-19-16-12(13)4-6-18-16/h5,7,14-15,22H,1-4,6,8-11H2,(H,18,19)/t14-,15-/m1/s1. The van der Waals surface area contributed by atoms with E-state index in [0.29, 0.717) is 6.04 Å². The van der Waals surface area contributed by atoms with Crippen LogP contribution in [-0.4, -0.2) is 70.7 Å². The zero-order valence-electron chi connectivity index (χ0n) is 13.4. The Bertz CT molecular complexity index is 598. The van der Waals surface area contributed by atoms with Crippen molar-refractivity contribution in [2.45, 2.75) is 37.8 Å². The number of aromatic nitrogens is 1. The van der Waals surface area contributed by atoms with E-state index in [2.05, 4.69) is 15.2 Å². The van der Waals surface area contributed by atoms with Crippen LogP contribution in [0.15, 0.2) is 12.3 Å². The van der Waals surface area contributed by atoms with Crippen LogP contribution in [0.1, 0.15) is 35.2 Å². The third kappa shape index (κ3) is 2.70. The van der Waals surface area contributed by atoms with Gasteiger partial charge in [-0.15, -0.1) is 0 Å². The number of aliphatic hydroxyl groups is 1. The molecule has 3 aliphatic rings. The Hall–Kier alpha value is -1.66. The van der Waals surface area contributed by atoms with Gasteiger partial charge in [0.15, 0.2) is 0 Å². The Morgan fingerprint density at radius 3 is 2.83 bits per heavy atom. The zero-order valence-corrected chi connectivity index (χ0v) is 13.4. The summed E-state index contributed by atoms with van der Waals surface area (Å²) in [6, 6.07) is 2.14. The molecular formula is C17H24N4O2. The summed E-state index contributed by atoms with van der Waals surface area (Å²) in [5.74, 6) is 0.988. The molecule has 23 heavy (non-hydrogen) atoms. The molecule has 0 spiro atoms. The Kier molecular flexibility index (Phi) is 3.95. The summed E-state index contributed by atoms with van der Waals surface area (Å²) in [4.78, 5) is 21.5. The second-order valence-corrected chi connectivity index (χ2v) is 6.76. The van der Waals surface area contributed by atoms with E-state index in [9.17, 15) is 9.90 Å². The number of piperazine rings is 1. The SMILES string of the molecule is O=C(c1ccnc2c1CCN2)N1CCN([C@@H]2CCC[C@H]2O)CC1. The lowest BCUT2D eigenvalue weighted by Crippen LogP contribution is -2.53. The van der Waals surface area contributed by atoms with Gasteiger partial charge >= 0.3 is 0 Å². The topological polar surface area (TPSA) is 68.7 Å². The van der Waals surface area contributed by atoms with Crippen molar-refractivity contribution >= 4 is 11.7 Å². The van der Waals surface area contributed by atoms with Crippen LogP contribution < -0.4 is 5.32 Å². The van der Waals surface area contributed by atoms with E-state index in [1.54, 1.807) is 6.20 Å². The number of carbonyl (C=O) groups is 1. The molecule has 2 fully saturated rings. The molecule has 4 rings (SSSR count). The second-order valence-electron chi connectivity index (χ2n) is 6.76. The third-order valence-electron chi connectivity index (χ3n) is 5.47. The van der Waals surface area contributed by atoms with E-state index in [1.165, 1.54) is 0 Å². The van der Waals surface area contributed by atoms with E-state index in [0.717, 1.165) is 75.4 Å². The molecule has 2 aliphatic heterocycles. The highest BCUT2D eigenvalue weighted by molar-refractivity contribution is 5.97. The highest BCUT2D eigenvalue weighted by atomic mass is 16.3. The second kappa shape index (κ2) is 6.09. The van der Waals surface area contributed by atoms with Crippen molar-refractivity contribution in [2.24, 2.45) is 0 Å². The number of fused-ring (bicyclic) bond motifs is 1. The normalized spacial score (nSPS) is 27.8. The molecule has 1 saturated carbocycles. The summed E-state index contributed by atoms with van der Waals surface area (Å²) >= 11 is 0. The van der Waals surface area contributed by atoms with Gasteiger partial charge in [0.05, 0.1) is 6.10 Å². The molecule has 1 saturated heterocycles. The van der Waals surface area contributed by atoms with Crippen molar-refractivity contribution in [3.05, 3.63) is 23.4 Å². The number of carbonyl (C=O) groups excluding carboxylic acids is 1. The number of anilines is 1. The third-order valence-corrected chi connectivity index (χ3v) is 5.47. The molecule has 2 atom stereocenters. The van der Waals surface area contributed by atoms with E-state index in [4.69, 9.17) is 0 Å². The smallest absolute Gasteiger partial charge is 0.254 e. The maximum Gasteiger partial charge on any atom is 0.254 e. The average molecular weight is 316 g/mol. The molecule has 0 unspecified atom stereocenters. The number of amides is 1. The van der Waals surface area contributed by atoms with Crippen molar-refractivity contribution in [1.29, 1.82) is 0 Å². The lowest BCUT2D eigenvalue weighted by atomic mass is 10.1. The Labute approximate surface area is 136 Å². The van der Waals surface area contributed by atoms with Gasteiger partial charge in [-0.1, -0.05) is 0 Å². The van der Waals surface area contributed by atoms with Gasteiger partial charge in [0.1, 0.15) is 5.82 Å². The summed E-state index contributed by atoms with van der Waals surface area (Å²) < 4.78 is 0. The molecule has 124 valence electrons. The van der Waals surface area contributed by atoms with Crippen LogP contribution in [0, 0.1) is 0 Å². The van der Waals surface area contributed by atoms with Crippen molar-refractivity contribution < 1.29 is 9.90 Å². The van der Waals surface area contributed by atoms with E-state index in [-0.39, 0.29) is 12.0 Å². The maximum atomic E-state index is 12.9. The molecule has 3 heterocycles. The number of aliphatic hydroxyl groups excluding tert-OH is 1. The molecule has 0 aromatic carbocycles. The number of nitrogens with one attached hydrogen (secondary N) is 1. The van der Waals surface area contributed by atoms with E-state index in [1.807, 2.05) is 11.0 Å². The predicted molar refractivity (Wildman–Crippen MR) is 87.6 cm³/mol. The van der Waals surface area contributed by atoms with Crippen LogP contribution in [-0.2, 0) is 6.42 Å². The summed E-state index contributed by atoms with van der Waals surface area (Å²) in [6.45, 7) is 4.07. The number of rotatable bonds is 2. The van der Waals surface area contributed by atoms with Gasteiger partial charge < -0.3 is 15.3 Å². The van der Waals surface area contributed by atoms with Gasteiger partial charge in [0.25, 0.3) is 5.91 Å². The molecule has 6 nitrogen and oxygen atoms in total. The van der Waals surface area contributed by atoms with Crippen LogP contribution in [0.2, 0.25) is 0 Å². The minimum absolute atomic E-state index is 0.124. The lowest BCUT2D eigenvalue weighted by Gasteiger charge is -2.39. The minimum atomic E-state index is -0.188. The molecule has 1 aromatic rings. The molecule has 1 aliphatic carbocycles. The van der Waals surface area contributed by atoms with Gasteiger partial charge in [-0.25, -0.2) is 4.98 Å². The molecule has 0 bridgehead atoms. The summed E-state index contributed by atoms with van der Waals surface area (Å²) in [6.07, 6.45) is 5.51. The molecule has 0 radical (unpaired) electrons. The van der Waals surface area contributed by atoms with Crippen molar-refractivity contribution in [3.8, 4) is 0 Å². The first-order chi connectivity index (χ1) is 11.2. The van der Waals surface area contributed by atoms with Crippen molar-refractivity contribution in [1.82, 2.24) is 14.8 Å². The van der Waals surface area contributed by atoms with Crippen LogP contribution in [0.5, 0.6) is 0 Å². The fraction of sp³-hybridized carbons (Fsp3) is 0.647. The van der Waals surface area contributed by atoms with E-state index < -0.39 is 0 Å². The molecule has 1 amide bonds. The highest BCUT2D eigenvalue weighted by Gasteiger charge is 2.34. The van der Waals surface area contributed by atoms with Crippen LogP contribution >= 0.6 is 0 Å². The quantitative estimate of drug-likeness (QED) is 0.841. The van der Waals surface area contributed by atoms with Crippen LogP contribution in [0.3, 0.4) is 0 Å². The fourth-order valence-electron chi connectivity index (χ4n) is 4.18. The average Bonchev–Trinajstić information content (AvgIpc) is 3.22. The molecule has 1 aromatic heterocycles. The first kappa shape index (κ1) is 14.9. The minimum Gasteiger partial charge on any atom is -0.391 e. The van der Waals surface area contributed by atoms with Crippen LogP contribution in [0.25, 0.3) is 0 Å². The highest BCUT2D eigenvalue weighted by Crippen LogP contribution is 2.27. The van der Waals surface area contributed by atoms with Gasteiger partial charge in [0, 0.05) is 56.1 Å². The number of hydrogen-bond donors (Lipinski definition) is 2. The number of nitrogens with zero attached hydrogens (tertiary/aromatic N) is 3. The van der Waals surface area contributed by atoms with Gasteiger partial charge in [0.2, 0.25) is 0 Å². The largest absolute Gasteiger partial charge is 0.391 e. The van der Waals surface area contributed by atoms with Crippen molar-refractivity contribution in [3.63, 3.8) is 0 Å². The maximum absolute atomic E-state index is 12.9. The Morgan fingerprint density at radius 1 is 1.26 bits per heavy atom. The van der Waals surface area contributed by atoms with Gasteiger partial charge in [-0.05, 0) is 31.7 Å². The first-order valence-electron chi connectivity index (χ1n) is 8.67. The summed E-state index contributed by atoms with van der Waals surface area (Å²) in [5.41, 5.74) is 1.86. The number of hydrogen-bond acceptors (Lipinski definition) is 5. The van der Waals surface area contributed by atoms with Gasteiger partial charge in [-0.3, -0.25) is 9.69 Å². The predicted octanol–water partition coefficient (Wildman–Crippen LogP) is 0.721. The Balaban J connectivity index is 1.42. The summed E-state index contributed by atoms with van der Waals surface area (Å²) in [5, 5.41) is 13.3. The van der Waals surface area contributed by atoms with Crippen LogP contribution in [0.4, 0.5) is 5.82 Å². The molecule has 2 N–H and O–H groups in total.